The van der Waals surface area contributed by atoms with Gasteiger partial charge in [0.2, 0.25) is 12.0 Å². The van der Waals surface area contributed by atoms with Crippen LogP contribution in [0.1, 0.15) is 38.2 Å². The number of methoxy groups -OCH3 is 4. The highest BCUT2D eigenvalue weighted by molar-refractivity contribution is 6.06. The SMILES string of the molecule is COc1ccc2c(c1)c1c(n2C(=O)c2cc(OC)c(OC)c(OC)c2)C2Oc3ccccc3C(=O)N2CC1. The molecule has 4 aromatic rings. The van der Waals surface area contributed by atoms with Crippen LogP contribution in [0.15, 0.2) is 54.6 Å². The van der Waals surface area contributed by atoms with Crippen molar-refractivity contribution in [2.75, 3.05) is 35.0 Å². The molecule has 0 saturated heterocycles. The normalized spacial score (nSPS) is 15.7. The van der Waals surface area contributed by atoms with Crippen molar-refractivity contribution >= 4 is 22.7 Å². The van der Waals surface area contributed by atoms with Crippen LogP contribution in [0.25, 0.3) is 10.9 Å². The molecule has 194 valence electrons. The number of nitrogens with zero attached hydrogens (tertiary/aromatic N) is 2. The Kier molecular flexibility index (Phi) is 5.63. The van der Waals surface area contributed by atoms with Crippen molar-refractivity contribution in [1.29, 1.82) is 0 Å². The molecule has 0 fully saturated rings. The number of carbonyl (C=O) groups is 2. The maximum Gasteiger partial charge on any atom is 0.263 e. The molecule has 1 aromatic heterocycles. The molecule has 3 aromatic carbocycles. The minimum atomic E-state index is -0.773. The largest absolute Gasteiger partial charge is 0.497 e. The maximum absolute atomic E-state index is 14.3. The zero-order valence-electron chi connectivity index (χ0n) is 21.4. The monoisotopic (exact) mass is 514 g/mol. The summed E-state index contributed by atoms with van der Waals surface area (Å²) in [5.74, 6) is 1.82. The second-order valence-electron chi connectivity index (χ2n) is 9.02. The van der Waals surface area contributed by atoms with E-state index in [1.54, 1.807) is 40.8 Å². The summed E-state index contributed by atoms with van der Waals surface area (Å²) in [6.07, 6.45) is -0.215. The molecule has 38 heavy (non-hydrogen) atoms. The summed E-state index contributed by atoms with van der Waals surface area (Å²) in [7, 11) is 6.12. The molecule has 0 spiro atoms. The number of benzene rings is 3. The summed E-state index contributed by atoms with van der Waals surface area (Å²) >= 11 is 0. The van der Waals surface area contributed by atoms with Gasteiger partial charge in [0, 0.05) is 17.5 Å². The van der Waals surface area contributed by atoms with Gasteiger partial charge < -0.3 is 23.7 Å². The summed E-state index contributed by atoms with van der Waals surface area (Å²) < 4.78 is 29.9. The first-order chi connectivity index (χ1) is 18.5. The van der Waals surface area contributed by atoms with Gasteiger partial charge in [-0.25, -0.2) is 0 Å². The maximum atomic E-state index is 14.3. The van der Waals surface area contributed by atoms with E-state index in [9.17, 15) is 9.59 Å². The Morgan fingerprint density at radius 2 is 1.66 bits per heavy atom. The molecule has 9 heteroatoms. The fourth-order valence-electron chi connectivity index (χ4n) is 5.40. The van der Waals surface area contributed by atoms with E-state index in [1.807, 2.05) is 30.3 Å². The molecule has 0 N–H and O–H groups in total. The fraction of sp³-hybridized carbons (Fsp3) is 0.241. The number of amides is 1. The molecule has 2 aliphatic rings. The van der Waals surface area contributed by atoms with E-state index >= 15 is 0 Å². The summed E-state index contributed by atoms with van der Waals surface area (Å²) in [6, 6.07) is 16.0. The van der Waals surface area contributed by atoms with E-state index in [-0.39, 0.29) is 11.8 Å². The molecule has 2 aliphatic heterocycles. The highest BCUT2D eigenvalue weighted by Gasteiger charge is 2.42. The average Bonchev–Trinajstić information content (AvgIpc) is 3.30. The molecule has 0 saturated carbocycles. The highest BCUT2D eigenvalue weighted by atomic mass is 16.5. The Balaban J connectivity index is 1.59. The van der Waals surface area contributed by atoms with Crippen molar-refractivity contribution in [2.24, 2.45) is 0 Å². The third kappa shape index (κ3) is 3.38. The molecule has 9 nitrogen and oxygen atoms in total. The van der Waals surface area contributed by atoms with Crippen molar-refractivity contribution in [3.8, 4) is 28.7 Å². The minimum absolute atomic E-state index is 0.128. The molecule has 0 aliphatic carbocycles. The van der Waals surface area contributed by atoms with Gasteiger partial charge in [0.15, 0.2) is 11.5 Å². The number of ether oxygens (including phenoxy) is 5. The van der Waals surface area contributed by atoms with E-state index in [2.05, 4.69) is 0 Å². The number of fused-ring (bicyclic) bond motifs is 6. The molecule has 6 rings (SSSR count). The van der Waals surface area contributed by atoms with Crippen molar-refractivity contribution in [1.82, 2.24) is 9.47 Å². The number of carbonyl (C=O) groups excluding carboxylic acids is 2. The Morgan fingerprint density at radius 1 is 0.921 bits per heavy atom. The van der Waals surface area contributed by atoms with Gasteiger partial charge in [0.1, 0.15) is 11.5 Å². The number of hydrogen-bond donors (Lipinski definition) is 0. The van der Waals surface area contributed by atoms with E-state index in [1.165, 1.54) is 21.3 Å². The topological polar surface area (TPSA) is 88.5 Å². The fourth-order valence-corrected chi connectivity index (χ4v) is 5.40. The summed E-state index contributed by atoms with van der Waals surface area (Å²) in [4.78, 5) is 29.4. The first-order valence-electron chi connectivity index (χ1n) is 12.1. The van der Waals surface area contributed by atoms with E-state index < -0.39 is 6.23 Å². The Labute approximate surface area is 219 Å². The van der Waals surface area contributed by atoms with Gasteiger partial charge in [-0.1, -0.05) is 12.1 Å². The zero-order chi connectivity index (χ0) is 26.6. The molecule has 0 radical (unpaired) electrons. The minimum Gasteiger partial charge on any atom is -0.497 e. The lowest BCUT2D eigenvalue weighted by Crippen LogP contribution is -2.46. The van der Waals surface area contributed by atoms with E-state index in [0.29, 0.717) is 64.1 Å². The Morgan fingerprint density at radius 3 is 2.34 bits per heavy atom. The van der Waals surface area contributed by atoms with Crippen molar-refractivity contribution in [2.45, 2.75) is 12.6 Å². The second kappa shape index (κ2) is 9.02. The highest BCUT2D eigenvalue weighted by Crippen LogP contribution is 2.44. The van der Waals surface area contributed by atoms with Crippen LogP contribution in [0.2, 0.25) is 0 Å². The Bertz CT molecular complexity index is 1580. The third-order valence-corrected chi connectivity index (χ3v) is 7.17. The van der Waals surface area contributed by atoms with E-state index in [0.717, 1.165) is 10.9 Å². The van der Waals surface area contributed by atoms with Gasteiger partial charge in [-0.2, -0.15) is 0 Å². The lowest BCUT2D eigenvalue weighted by atomic mass is 9.99. The molecule has 1 atom stereocenters. The quantitative estimate of drug-likeness (QED) is 0.389. The first-order valence-corrected chi connectivity index (χ1v) is 12.1. The lowest BCUT2D eigenvalue weighted by molar-refractivity contribution is 0.000340. The smallest absolute Gasteiger partial charge is 0.263 e. The van der Waals surface area contributed by atoms with Gasteiger partial charge >= 0.3 is 0 Å². The van der Waals surface area contributed by atoms with E-state index in [4.69, 9.17) is 23.7 Å². The summed E-state index contributed by atoms with van der Waals surface area (Å²) in [5, 5.41) is 0.870. The van der Waals surface area contributed by atoms with Crippen molar-refractivity contribution in [3.63, 3.8) is 0 Å². The van der Waals surface area contributed by atoms with Crippen LogP contribution < -0.4 is 23.7 Å². The molecular weight excluding hydrogens is 488 g/mol. The van der Waals surface area contributed by atoms with Crippen LogP contribution in [-0.2, 0) is 6.42 Å². The van der Waals surface area contributed by atoms with Crippen LogP contribution in [0.3, 0.4) is 0 Å². The molecule has 3 heterocycles. The molecule has 1 unspecified atom stereocenters. The Hall–Kier alpha value is -4.66. The van der Waals surface area contributed by atoms with Gasteiger partial charge in [0.25, 0.3) is 11.8 Å². The third-order valence-electron chi connectivity index (χ3n) is 7.17. The number of aromatic nitrogens is 1. The predicted octanol–water partition coefficient (Wildman–Crippen LogP) is 4.45. The summed E-state index contributed by atoms with van der Waals surface area (Å²) in [5.41, 5.74) is 3.07. The predicted molar refractivity (Wildman–Crippen MR) is 139 cm³/mol. The molecule has 0 bridgehead atoms. The zero-order valence-corrected chi connectivity index (χ0v) is 21.4. The van der Waals surface area contributed by atoms with Crippen LogP contribution >= 0.6 is 0 Å². The van der Waals surface area contributed by atoms with Crippen molar-refractivity contribution in [3.05, 3.63) is 77.0 Å². The molecular formula is C29H26N2O7. The first kappa shape index (κ1) is 23.7. The number of hydrogen-bond acceptors (Lipinski definition) is 7. The number of rotatable bonds is 5. The average molecular weight is 515 g/mol. The van der Waals surface area contributed by atoms with Gasteiger partial charge in [-0.15, -0.1) is 0 Å². The van der Waals surface area contributed by atoms with Crippen LogP contribution in [0.5, 0.6) is 28.7 Å². The van der Waals surface area contributed by atoms with Gasteiger partial charge in [0.05, 0.1) is 45.2 Å². The van der Waals surface area contributed by atoms with Crippen LogP contribution in [-0.4, -0.2) is 56.3 Å². The standard InChI is InChI=1S/C29H26N2O7/c1-34-17-9-10-21-20(15-17)18-11-12-30-28(33)19-7-5-6-8-22(19)38-29(30)25(18)31(21)27(32)16-13-23(35-2)26(37-4)24(14-16)36-3/h5-10,13-15,29H,11-12H2,1-4H3. The molecule has 1 amide bonds. The van der Waals surface area contributed by atoms with Gasteiger partial charge in [-0.3, -0.25) is 19.1 Å². The van der Waals surface area contributed by atoms with Gasteiger partial charge in [-0.05, 0) is 54.4 Å². The van der Waals surface area contributed by atoms with Crippen LogP contribution in [0.4, 0.5) is 0 Å². The summed E-state index contributed by atoms with van der Waals surface area (Å²) in [6.45, 7) is 0.458. The lowest BCUT2D eigenvalue weighted by Gasteiger charge is -2.40. The number of para-hydroxylation sites is 1. The van der Waals surface area contributed by atoms with Crippen molar-refractivity contribution < 1.29 is 33.3 Å². The second-order valence-corrected chi connectivity index (χ2v) is 9.02. The van der Waals surface area contributed by atoms with Crippen LogP contribution in [0, 0.1) is 0 Å².